The summed E-state index contributed by atoms with van der Waals surface area (Å²) in [5.74, 6) is 0. The third-order valence-electron chi connectivity index (χ3n) is 4.40. The molecule has 0 amide bonds. The fourth-order valence-electron chi connectivity index (χ4n) is 2.92. The van der Waals surface area contributed by atoms with Crippen LogP contribution in [0.1, 0.15) is 36.8 Å². The summed E-state index contributed by atoms with van der Waals surface area (Å²) in [6.45, 7) is 0.242. The maximum absolute atomic E-state index is 13.2. The summed E-state index contributed by atoms with van der Waals surface area (Å²) in [4.78, 5) is 0. The Bertz CT molecular complexity index is 659. The van der Waals surface area contributed by atoms with Gasteiger partial charge in [0.2, 0.25) is 0 Å². The summed E-state index contributed by atoms with van der Waals surface area (Å²) >= 11 is 0. The van der Waals surface area contributed by atoms with E-state index in [2.05, 4.69) is 0 Å². The predicted molar refractivity (Wildman–Crippen MR) is 99.4 cm³/mol. The van der Waals surface area contributed by atoms with Crippen molar-refractivity contribution >= 4 is 7.82 Å². The van der Waals surface area contributed by atoms with Crippen LogP contribution in [0.15, 0.2) is 60.7 Å². The first-order valence-electron chi connectivity index (χ1n) is 8.98. The molecule has 1 saturated carbocycles. The van der Waals surface area contributed by atoms with Crippen LogP contribution in [-0.2, 0) is 31.4 Å². The summed E-state index contributed by atoms with van der Waals surface area (Å²) in [7, 11) is -3.82. The van der Waals surface area contributed by atoms with Crippen molar-refractivity contribution in [2.75, 3.05) is 0 Å². The molecule has 1 aliphatic rings. The Kier molecular flexibility index (Phi) is 7.00. The molecule has 0 bridgehead atoms. The van der Waals surface area contributed by atoms with E-state index in [4.69, 9.17) is 13.6 Å². The van der Waals surface area contributed by atoms with Gasteiger partial charge in [0.15, 0.2) is 0 Å². The van der Waals surface area contributed by atoms with Crippen molar-refractivity contribution in [1.29, 1.82) is 0 Å². The largest absolute Gasteiger partial charge is 0.475 e. The average Bonchev–Trinajstić information content (AvgIpc) is 2.69. The first-order valence-corrected chi connectivity index (χ1v) is 10.4. The summed E-state index contributed by atoms with van der Waals surface area (Å²) in [6.07, 6.45) is 2.00. The van der Waals surface area contributed by atoms with Crippen LogP contribution in [0.3, 0.4) is 0 Å². The maximum atomic E-state index is 13.2. The number of aliphatic hydroxyl groups excluding tert-OH is 1. The Labute approximate surface area is 154 Å². The van der Waals surface area contributed by atoms with Gasteiger partial charge in [-0.1, -0.05) is 73.5 Å². The zero-order valence-electron chi connectivity index (χ0n) is 14.7. The number of hydrogen-bond donors (Lipinski definition) is 1. The second-order valence-corrected chi connectivity index (χ2v) is 8.08. The maximum Gasteiger partial charge on any atom is 0.475 e. The van der Waals surface area contributed by atoms with E-state index in [0.717, 1.165) is 24.0 Å². The number of aliphatic hydroxyl groups is 1. The molecular weight excluding hydrogens is 351 g/mol. The van der Waals surface area contributed by atoms with Gasteiger partial charge in [0.25, 0.3) is 0 Å². The highest BCUT2D eigenvalue weighted by atomic mass is 31.2. The van der Waals surface area contributed by atoms with Gasteiger partial charge in [0, 0.05) is 0 Å². The summed E-state index contributed by atoms with van der Waals surface area (Å²) in [6, 6.07) is 18.9. The fourth-order valence-corrected chi connectivity index (χ4v) is 4.31. The molecule has 6 heteroatoms. The molecule has 1 N–H and O–H groups in total. The normalized spacial score (nSPS) is 20.8. The molecule has 140 valence electrons. The van der Waals surface area contributed by atoms with E-state index in [-0.39, 0.29) is 13.2 Å². The van der Waals surface area contributed by atoms with Crippen molar-refractivity contribution in [1.82, 2.24) is 0 Å². The molecule has 26 heavy (non-hydrogen) atoms. The minimum absolute atomic E-state index is 0.121. The lowest BCUT2D eigenvalue weighted by Gasteiger charge is -2.30. The highest BCUT2D eigenvalue weighted by Crippen LogP contribution is 2.53. The second-order valence-electron chi connectivity index (χ2n) is 6.46. The Morgan fingerprint density at radius 2 is 1.35 bits per heavy atom. The Hall–Kier alpha value is -1.49. The van der Waals surface area contributed by atoms with Crippen LogP contribution in [-0.4, -0.2) is 17.3 Å². The number of benzene rings is 2. The van der Waals surface area contributed by atoms with Gasteiger partial charge in [-0.15, -0.1) is 0 Å². The third-order valence-corrected chi connectivity index (χ3v) is 5.82. The van der Waals surface area contributed by atoms with Crippen molar-refractivity contribution in [2.24, 2.45) is 0 Å². The summed E-state index contributed by atoms with van der Waals surface area (Å²) in [5.41, 5.74) is 1.76. The van der Waals surface area contributed by atoms with Crippen LogP contribution >= 0.6 is 7.82 Å². The van der Waals surface area contributed by atoms with E-state index >= 15 is 0 Å². The molecule has 2 atom stereocenters. The molecule has 5 nitrogen and oxygen atoms in total. The van der Waals surface area contributed by atoms with Crippen LogP contribution in [0.2, 0.25) is 0 Å². The van der Waals surface area contributed by atoms with Crippen LogP contribution in [0.4, 0.5) is 0 Å². The molecule has 2 aromatic carbocycles. The van der Waals surface area contributed by atoms with Crippen molar-refractivity contribution in [2.45, 2.75) is 51.1 Å². The number of phosphoric ester groups is 1. The summed E-state index contributed by atoms with van der Waals surface area (Å²) < 4.78 is 30.1. The molecule has 1 fully saturated rings. The molecule has 0 unspecified atom stereocenters. The topological polar surface area (TPSA) is 65.0 Å². The molecule has 0 aliphatic heterocycles. The molecule has 2 aromatic rings. The second kappa shape index (κ2) is 9.45. The highest BCUT2D eigenvalue weighted by molar-refractivity contribution is 7.48. The van der Waals surface area contributed by atoms with E-state index in [0.29, 0.717) is 12.8 Å². The SMILES string of the molecule is O=P(OCc1ccccc1)(OCc1ccccc1)O[C@@H]1CCCC[C@H]1O. The van der Waals surface area contributed by atoms with E-state index in [1.54, 1.807) is 0 Å². The van der Waals surface area contributed by atoms with Gasteiger partial charge in [0.05, 0.1) is 25.4 Å². The van der Waals surface area contributed by atoms with E-state index in [1.807, 2.05) is 60.7 Å². The molecule has 0 radical (unpaired) electrons. The number of phosphoric acid groups is 1. The third kappa shape index (κ3) is 5.76. The Morgan fingerprint density at radius 1 is 0.846 bits per heavy atom. The molecule has 0 heterocycles. The van der Waals surface area contributed by atoms with Gasteiger partial charge in [-0.05, 0) is 24.0 Å². The number of rotatable bonds is 8. The Balaban J connectivity index is 1.67. The summed E-state index contributed by atoms with van der Waals surface area (Å²) in [5, 5.41) is 10.1. The zero-order valence-corrected chi connectivity index (χ0v) is 15.6. The van der Waals surface area contributed by atoms with Gasteiger partial charge >= 0.3 is 7.82 Å². The van der Waals surface area contributed by atoms with Gasteiger partial charge in [-0.3, -0.25) is 13.6 Å². The van der Waals surface area contributed by atoms with Crippen molar-refractivity contribution < 1.29 is 23.2 Å². The van der Waals surface area contributed by atoms with Gasteiger partial charge < -0.3 is 5.11 Å². The monoisotopic (exact) mass is 376 g/mol. The Morgan fingerprint density at radius 3 is 1.85 bits per heavy atom. The van der Waals surface area contributed by atoms with Crippen LogP contribution in [0, 0.1) is 0 Å². The zero-order chi connectivity index (χ0) is 18.2. The smallest absolute Gasteiger partial charge is 0.390 e. The molecular formula is C20H25O5P. The molecule has 0 spiro atoms. The quantitative estimate of drug-likeness (QED) is 0.668. The fraction of sp³-hybridized carbons (Fsp3) is 0.400. The van der Waals surface area contributed by atoms with Gasteiger partial charge in [-0.25, -0.2) is 4.57 Å². The number of hydrogen-bond acceptors (Lipinski definition) is 5. The minimum Gasteiger partial charge on any atom is -0.390 e. The van der Waals surface area contributed by atoms with E-state index in [9.17, 15) is 9.67 Å². The first kappa shape index (κ1) is 19.3. The molecule has 0 saturated heterocycles. The average molecular weight is 376 g/mol. The lowest BCUT2D eigenvalue weighted by atomic mass is 9.95. The lowest BCUT2D eigenvalue weighted by Crippen LogP contribution is -2.31. The van der Waals surface area contributed by atoms with Crippen LogP contribution < -0.4 is 0 Å². The van der Waals surface area contributed by atoms with Crippen molar-refractivity contribution in [3.63, 3.8) is 0 Å². The van der Waals surface area contributed by atoms with Crippen LogP contribution in [0.25, 0.3) is 0 Å². The van der Waals surface area contributed by atoms with Crippen LogP contribution in [0.5, 0.6) is 0 Å². The van der Waals surface area contributed by atoms with Crippen molar-refractivity contribution in [3.05, 3.63) is 71.8 Å². The van der Waals surface area contributed by atoms with Crippen molar-refractivity contribution in [3.8, 4) is 0 Å². The molecule has 1 aliphatic carbocycles. The van der Waals surface area contributed by atoms with Gasteiger partial charge in [0.1, 0.15) is 0 Å². The standard InChI is InChI=1S/C20H25O5P/c21-19-13-7-8-14-20(19)25-26(22,23-15-17-9-3-1-4-10-17)24-16-18-11-5-2-6-12-18/h1-6,9-12,19-21H,7-8,13-16H2/t19-,20-/m1/s1. The first-order chi connectivity index (χ1) is 12.6. The van der Waals surface area contributed by atoms with Gasteiger partial charge in [-0.2, -0.15) is 0 Å². The van der Waals surface area contributed by atoms with E-state index in [1.165, 1.54) is 0 Å². The van der Waals surface area contributed by atoms with E-state index < -0.39 is 20.0 Å². The highest BCUT2D eigenvalue weighted by Gasteiger charge is 2.35. The molecule has 0 aromatic heterocycles. The lowest BCUT2D eigenvalue weighted by molar-refractivity contribution is -0.0228. The molecule has 3 rings (SSSR count). The minimum atomic E-state index is -3.82. The predicted octanol–water partition coefficient (Wildman–Crippen LogP) is 4.85.